The fourth-order valence-corrected chi connectivity index (χ4v) is 1.03. The maximum Gasteiger partial charge on any atom is 0.224 e. The van der Waals surface area contributed by atoms with E-state index in [4.69, 9.17) is 10.8 Å². The highest BCUT2D eigenvalue weighted by atomic mass is 16.3. The zero-order valence-electron chi connectivity index (χ0n) is 7.55. The number of carbonyl (C=O) groups is 1. The van der Waals surface area contributed by atoms with Crippen LogP contribution in [0.25, 0.3) is 0 Å². The minimum atomic E-state index is -0.0958. The fraction of sp³-hybridized carbons (Fsp3) is 0.875. The molecule has 0 fully saturated rings. The van der Waals surface area contributed by atoms with E-state index >= 15 is 0 Å². The van der Waals surface area contributed by atoms with E-state index in [9.17, 15) is 4.79 Å². The number of amides is 1. The summed E-state index contributed by atoms with van der Waals surface area (Å²) in [4.78, 5) is 11.2. The second kappa shape index (κ2) is 7.06. The first-order valence-corrected chi connectivity index (χ1v) is 4.34. The maximum absolute atomic E-state index is 11.2. The monoisotopic (exact) mass is 174 g/mol. The van der Waals surface area contributed by atoms with Crippen LogP contribution in [0.2, 0.25) is 0 Å². The van der Waals surface area contributed by atoms with Gasteiger partial charge in [0, 0.05) is 13.1 Å². The molecule has 0 rings (SSSR count). The molecule has 0 radical (unpaired) electrons. The summed E-state index contributed by atoms with van der Waals surface area (Å²) in [5.74, 6) is -0.144. The molecule has 72 valence electrons. The van der Waals surface area contributed by atoms with E-state index in [0.717, 1.165) is 12.8 Å². The van der Waals surface area contributed by atoms with Gasteiger partial charge in [0.15, 0.2) is 0 Å². The van der Waals surface area contributed by atoms with Crippen LogP contribution in [-0.2, 0) is 4.79 Å². The Labute approximate surface area is 73.1 Å². The lowest BCUT2D eigenvalue weighted by Gasteiger charge is -2.12. The first-order chi connectivity index (χ1) is 5.76. The quantitative estimate of drug-likeness (QED) is 0.506. The summed E-state index contributed by atoms with van der Waals surface area (Å²) in [5, 5.41) is 11.1. The highest BCUT2D eigenvalue weighted by Gasteiger charge is 2.14. The summed E-state index contributed by atoms with van der Waals surface area (Å²) in [6.45, 7) is 2.70. The van der Waals surface area contributed by atoms with Crippen molar-refractivity contribution in [2.75, 3.05) is 19.7 Å². The number of carbonyl (C=O) groups excluding carboxylic acids is 1. The van der Waals surface area contributed by atoms with Gasteiger partial charge < -0.3 is 16.2 Å². The van der Waals surface area contributed by atoms with Gasteiger partial charge in [-0.3, -0.25) is 4.79 Å². The van der Waals surface area contributed by atoms with Crippen LogP contribution in [0, 0.1) is 5.92 Å². The molecule has 0 spiro atoms. The third-order valence-electron chi connectivity index (χ3n) is 1.70. The van der Waals surface area contributed by atoms with E-state index < -0.39 is 0 Å². The standard InChI is InChI=1S/C8H18N2O2/c1-2-3-7(6-9)8(12)10-4-5-11/h7,11H,2-6,9H2,1H3,(H,10,12). The van der Waals surface area contributed by atoms with Crippen LogP contribution in [0.1, 0.15) is 19.8 Å². The van der Waals surface area contributed by atoms with Crippen LogP contribution in [0.4, 0.5) is 0 Å². The lowest BCUT2D eigenvalue weighted by molar-refractivity contribution is -0.125. The van der Waals surface area contributed by atoms with Gasteiger partial charge in [0.25, 0.3) is 0 Å². The SMILES string of the molecule is CCCC(CN)C(=O)NCCO. The molecule has 4 nitrogen and oxygen atoms in total. The smallest absolute Gasteiger partial charge is 0.224 e. The van der Waals surface area contributed by atoms with E-state index in [1.165, 1.54) is 0 Å². The lowest BCUT2D eigenvalue weighted by atomic mass is 10.0. The van der Waals surface area contributed by atoms with Crippen molar-refractivity contribution in [3.05, 3.63) is 0 Å². The molecule has 0 aliphatic heterocycles. The Morgan fingerprint density at radius 1 is 1.67 bits per heavy atom. The summed E-state index contributed by atoms with van der Waals surface area (Å²) < 4.78 is 0. The first kappa shape index (κ1) is 11.4. The average Bonchev–Trinajstić information content (AvgIpc) is 2.10. The van der Waals surface area contributed by atoms with Crippen LogP contribution in [0.5, 0.6) is 0 Å². The van der Waals surface area contributed by atoms with Gasteiger partial charge in [-0.2, -0.15) is 0 Å². The van der Waals surface area contributed by atoms with Crippen LogP contribution in [0.3, 0.4) is 0 Å². The zero-order valence-corrected chi connectivity index (χ0v) is 7.55. The van der Waals surface area contributed by atoms with Crippen molar-refractivity contribution < 1.29 is 9.90 Å². The Kier molecular flexibility index (Phi) is 6.70. The van der Waals surface area contributed by atoms with Crippen LogP contribution < -0.4 is 11.1 Å². The number of nitrogens with one attached hydrogen (secondary N) is 1. The van der Waals surface area contributed by atoms with Gasteiger partial charge in [0.1, 0.15) is 0 Å². The van der Waals surface area contributed by atoms with E-state index in [2.05, 4.69) is 5.32 Å². The summed E-state index contributed by atoms with van der Waals surface area (Å²) in [6.07, 6.45) is 1.77. The molecule has 0 saturated heterocycles. The molecule has 1 atom stereocenters. The molecule has 1 amide bonds. The minimum absolute atomic E-state index is 0.0187. The maximum atomic E-state index is 11.2. The van der Waals surface area contributed by atoms with Gasteiger partial charge in [0.2, 0.25) is 5.91 Å². The van der Waals surface area contributed by atoms with Gasteiger partial charge >= 0.3 is 0 Å². The summed E-state index contributed by atoms with van der Waals surface area (Å²) in [6, 6.07) is 0. The number of rotatable bonds is 6. The van der Waals surface area contributed by atoms with Crippen LogP contribution in [-0.4, -0.2) is 30.7 Å². The Hall–Kier alpha value is -0.610. The molecule has 0 aliphatic carbocycles. The van der Waals surface area contributed by atoms with Crippen LogP contribution in [0.15, 0.2) is 0 Å². The molecule has 4 heteroatoms. The van der Waals surface area contributed by atoms with E-state index in [0.29, 0.717) is 13.1 Å². The fourth-order valence-electron chi connectivity index (χ4n) is 1.03. The third-order valence-corrected chi connectivity index (χ3v) is 1.70. The number of aliphatic hydroxyl groups is 1. The molecule has 12 heavy (non-hydrogen) atoms. The van der Waals surface area contributed by atoms with E-state index in [-0.39, 0.29) is 18.4 Å². The Morgan fingerprint density at radius 3 is 2.75 bits per heavy atom. The second-order valence-corrected chi connectivity index (χ2v) is 2.74. The highest BCUT2D eigenvalue weighted by molar-refractivity contribution is 5.78. The highest BCUT2D eigenvalue weighted by Crippen LogP contribution is 2.03. The zero-order chi connectivity index (χ0) is 9.40. The number of aliphatic hydroxyl groups excluding tert-OH is 1. The Balaban J connectivity index is 3.69. The molecule has 0 aromatic rings. The Morgan fingerprint density at radius 2 is 2.33 bits per heavy atom. The first-order valence-electron chi connectivity index (χ1n) is 4.34. The third kappa shape index (κ3) is 4.31. The molecule has 0 aliphatic rings. The van der Waals surface area contributed by atoms with Crippen molar-refractivity contribution in [1.82, 2.24) is 5.32 Å². The molecule has 4 N–H and O–H groups in total. The summed E-state index contributed by atoms with van der Waals surface area (Å²) >= 11 is 0. The van der Waals surface area contributed by atoms with Gasteiger partial charge in [-0.05, 0) is 6.42 Å². The lowest BCUT2D eigenvalue weighted by Crippen LogP contribution is -2.36. The van der Waals surface area contributed by atoms with Gasteiger partial charge in [-0.25, -0.2) is 0 Å². The van der Waals surface area contributed by atoms with Gasteiger partial charge in [-0.15, -0.1) is 0 Å². The molecule has 0 aromatic carbocycles. The minimum Gasteiger partial charge on any atom is -0.395 e. The molecular weight excluding hydrogens is 156 g/mol. The van der Waals surface area contributed by atoms with Crippen LogP contribution >= 0.6 is 0 Å². The van der Waals surface area contributed by atoms with Crippen molar-refractivity contribution in [1.29, 1.82) is 0 Å². The van der Waals surface area contributed by atoms with Crippen molar-refractivity contribution in [3.8, 4) is 0 Å². The Bertz CT molecular complexity index is 128. The number of hydrogen-bond acceptors (Lipinski definition) is 3. The van der Waals surface area contributed by atoms with Gasteiger partial charge in [-0.1, -0.05) is 13.3 Å². The van der Waals surface area contributed by atoms with Gasteiger partial charge in [0.05, 0.1) is 12.5 Å². The number of nitrogens with two attached hydrogens (primary N) is 1. The van der Waals surface area contributed by atoms with Crippen molar-refractivity contribution in [2.45, 2.75) is 19.8 Å². The molecule has 0 heterocycles. The molecule has 0 aromatic heterocycles. The number of hydrogen-bond donors (Lipinski definition) is 3. The van der Waals surface area contributed by atoms with E-state index in [1.807, 2.05) is 6.92 Å². The van der Waals surface area contributed by atoms with Crippen molar-refractivity contribution in [2.24, 2.45) is 11.7 Å². The average molecular weight is 174 g/mol. The second-order valence-electron chi connectivity index (χ2n) is 2.74. The summed E-state index contributed by atoms with van der Waals surface area (Å²) in [5.41, 5.74) is 5.41. The molecule has 0 bridgehead atoms. The van der Waals surface area contributed by atoms with Crippen molar-refractivity contribution in [3.63, 3.8) is 0 Å². The predicted molar refractivity (Wildman–Crippen MR) is 47.5 cm³/mol. The molecule has 1 unspecified atom stereocenters. The van der Waals surface area contributed by atoms with Crippen molar-refractivity contribution >= 4 is 5.91 Å². The molecular formula is C8H18N2O2. The summed E-state index contributed by atoms with van der Waals surface area (Å²) in [7, 11) is 0. The molecule has 0 saturated carbocycles. The predicted octanol–water partition coefficient (Wildman–Crippen LogP) is -0.530. The normalized spacial score (nSPS) is 12.6. The topological polar surface area (TPSA) is 75.4 Å². The van der Waals surface area contributed by atoms with E-state index in [1.54, 1.807) is 0 Å². The largest absolute Gasteiger partial charge is 0.395 e.